The van der Waals surface area contributed by atoms with Crippen molar-refractivity contribution in [1.82, 2.24) is 10.0 Å². The van der Waals surface area contributed by atoms with E-state index in [-0.39, 0.29) is 0 Å². The largest absolute Gasteiger partial charge is 0.311 e. The van der Waals surface area contributed by atoms with Crippen molar-refractivity contribution in [3.05, 3.63) is 102 Å². The van der Waals surface area contributed by atoms with Gasteiger partial charge in [0.25, 0.3) is 0 Å². The van der Waals surface area contributed by atoms with Gasteiger partial charge in [-0.1, -0.05) is 85.8 Å². The third kappa shape index (κ3) is 4.57. The standard InChI is InChI=1S/C29H34N2O2S/c1-22-23(19-26-17-18-28(22)31-26)20-29(24-11-5-2-6-12-24,25-13-7-3-8-14-25)21-30-34(32,33)27-15-9-4-10-16-27/h2-16,22-23,26,28,30-31H,17-21H2,1H3. The summed E-state index contributed by atoms with van der Waals surface area (Å²) in [5, 5.41) is 3.80. The van der Waals surface area contributed by atoms with Gasteiger partial charge in [-0.3, -0.25) is 0 Å². The minimum absolute atomic E-state index is 0.304. The topological polar surface area (TPSA) is 58.2 Å². The zero-order chi connectivity index (χ0) is 23.6. The van der Waals surface area contributed by atoms with Gasteiger partial charge in [-0.25, -0.2) is 13.1 Å². The molecule has 4 atom stereocenters. The molecule has 3 aromatic rings. The summed E-state index contributed by atoms with van der Waals surface area (Å²) in [6, 6.07) is 30.8. The van der Waals surface area contributed by atoms with E-state index in [0.29, 0.717) is 35.4 Å². The van der Waals surface area contributed by atoms with Crippen molar-refractivity contribution >= 4 is 10.0 Å². The molecular formula is C29H34N2O2S. The quantitative estimate of drug-likeness (QED) is 0.477. The van der Waals surface area contributed by atoms with Crippen LogP contribution in [0.4, 0.5) is 0 Å². The van der Waals surface area contributed by atoms with E-state index < -0.39 is 15.4 Å². The molecule has 34 heavy (non-hydrogen) atoms. The average molecular weight is 475 g/mol. The second-order valence-electron chi connectivity index (χ2n) is 10.1. The number of piperidine rings is 1. The smallest absolute Gasteiger partial charge is 0.240 e. The highest BCUT2D eigenvalue weighted by Gasteiger charge is 2.45. The highest BCUT2D eigenvalue weighted by molar-refractivity contribution is 7.89. The van der Waals surface area contributed by atoms with Crippen molar-refractivity contribution in [2.45, 2.75) is 55.0 Å². The van der Waals surface area contributed by atoms with E-state index >= 15 is 0 Å². The number of sulfonamides is 1. The van der Waals surface area contributed by atoms with Crippen molar-refractivity contribution in [2.75, 3.05) is 6.54 Å². The predicted molar refractivity (Wildman–Crippen MR) is 137 cm³/mol. The molecule has 2 aliphatic heterocycles. The summed E-state index contributed by atoms with van der Waals surface area (Å²) in [5.41, 5.74) is 1.87. The first-order valence-corrected chi connectivity index (χ1v) is 13.9. The maximum atomic E-state index is 13.3. The molecule has 0 aromatic heterocycles. The van der Waals surface area contributed by atoms with Crippen LogP contribution in [-0.2, 0) is 15.4 Å². The Morgan fingerprint density at radius 3 is 2.00 bits per heavy atom. The minimum atomic E-state index is -3.64. The number of nitrogens with one attached hydrogen (secondary N) is 2. The van der Waals surface area contributed by atoms with Gasteiger partial charge in [0.2, 0.25) is 10.0 Å². The van der Waals surface area contributed by atoms with Crippen LogP contribution >= 0.6 is 0 Å². The Labute approximate surface area is 203 Å². The first-order valence-electron chi connectivity index (χ1n) is 12.4. The third-order valence-electron chi connectivity index (χ3n) is 8.12. The van der Waals surface area contributed by atoms with Gasteiger partial charge in [-0.05, 0) is 60.8 Å². The van der Waals surface area contributed by atoms with Crippen molar-refractivity contribution in [2.24, 2.45) is 11.8 Å². The SMILES string of the molecule is CC1C(CC(CNS(=O)(=O)c2ccccc2)(c2ccccc2)c2ccccc2)CC2CCC1N2. The van der Waals surface area contributed by atoms with E-state index in [1.54, 1.807) is 24.3 Å². The van der Waals surface area contributed by atoms with E-state index in [2.05, 4.69) is 65.5 Å². The number of hydrogen-bond acceptors (Lipinski definition) is 3. The van der Waals surface area contributed by atoms with Crippen LogP contribution in [0.15, 0.2) is 95.9 Å². The van der Waals surface area contributed by atoms with E-state index in [1.165, 1.54) is 12.8 Å². The lowest BCUT2D eigenvalue weighted by molar-refractivity contribution is 0.172. The van der Waals surface area contributed by atoms with Gasteiger partial charge in [0.15, 0.2) is 0 Å². The molecular weight excluding hydrogens is 440 g/mol. The van der Waals surface area contributed by atoms with Gasteiger partial charge in [0, 0.05) is 24.0 Å². The first-order chi connectivity index (χ1) is 16.5. The Hall–Kier alpha value is -2.47. The average Bonchev–Trinajstić information content (AvgIpc) is 3.30. The zero-order valence-electron chi connectivity index (χ0n) is 19.7. The molecule has 2 fully saturated rings. The highest BCUT2D eigenvalue weighted by Crippen LogP contribution is 2.45. The van der Waals surface area contributed by atoms with E-state index in [1.807, 2.05) is 18.2 Å². The lowest BCUT2D eigenvalue weighted by Crippen LogP contribution is -2.49. The molecule has 0 radical (unpaired) electrons. The number of rotatable bonds is 8. The third-order valence-corrected chi connectivity index (χ3v) is 9.54. The van der Waals surface area contributed by atoms with Gasteiger partial charge in [0.1, 0.15) is 0 Å². The summed E-state index contributed by atoms with van der Waals surface area (Å²) >= 11 is 0. The van der Waals surface area contributed by atoms with Crippen LogP contribution in [0.25, 0.3) is 0 Å². The minimum Gasteiger partial charge on any atom is -0.311 e. The summed E-state index contributed by atoms with van der Waals surface area (Å²) in [5.74, 6) is 1.07. The van der Waals surface area contributed by atoms with Crippen LogP contribution in [0, 0.1) is 11.8 Å². The molecule has 0 spiro atoms. The molecule has 2 N–H and O–H groups in total. The van der Waals surface area contributed by atoms with Crippen LogP contribution in [0.3, 0.4) is 0 Å². The fourth-order valence-electron chi connectivity index (χ4n) is 6.17. The van der Waals surface area contributed by atoms with Gasteiger partial charge in [-0.15, -0.1) is 0 Å². The monoisotopic (exact) mass is 474 g/mol. The summed E-state index contributed by atoms with van der Waals surface area (Å²) in [7, 11) is -3.64. The van der Waals surface area contributed by atoms with E-state index in [0.717, 1.165) is 24.0 Å². The second-order valence-corrected chi connectivity index (χ2v) is 11.8. The Kier molecular flexibility index (Phi) is 6.61. The maximum absolute atomic E-state index is 13.3. The molecule has 2 heterocycles. The fourth-order valence-corrected chi connectivity index (χ4v) is 7.29. The molecule has 178 valence electrons. The van der Waals surface area contributed by atoms with Crippen molar-refractivity contribution < 1.29 is 8.42 Å². The van der Waals surface area contributed by atoms with Crippen molar-refractivity contribution in [1.29, 1.82) is 0 Å². The molecule has 4 nitrogen and oxygen atoms in total. The van der Waals surface area contributed by atoms with Crippen molar-refractivity contribution in [3.63, 3.8) is 0 Å². The molecule has 2 bridgehead atoms. The second kappa shape index (κ2) is 9.65. The van der Waals surface area contributed by atoms with Gasteiger partial charge in [-0.2, -0.15) is 0 Å². The highest BCUT2D eigenvalue weighted by atomic mass is 32.2. The molecule has 0 amide bonds. The predicted octanol–water partition coefficient (Wildman–Crippen LogP) is 5.12. The molecule has 4 unspecified atom stereocenters. The van der Waals surface area contributed by atoms with E-state index in [4.69, 9.17) is 0 Å². The molecule has 3 aromatic carbocycles. The Bertz CT molecular complexity index is 1140. The fraction of sp³-hybridized carbons (Fsp3) is 0.379. The lowest BCUT2D eigenvalue weighted by atomic mass is 9.65. The molecule has 5 rings (SSSR count). The number of fused-ring (bicyclic) bond motifs is 2. The van der Waals surface area contributed by atoms with Gasteiger partial charge in [0.05, 0.1) is 4.90 Å². The number of hydrogen-bond donors (Lipinski definition) is 2. The van der Waals surface area contributed by atoms with Crippen LogP contribution in [0.2, 0.25) is 0 Å². The summed E-state index contributed by atoms with van der Waals surface area (Å²) in [4.78, 5) is 0.304. The molecule has 2 saturated heterocycles. The van der Waals surface area contributed by atoms with Crippen LogP contribution in [0.5, 0.6) is 0 Å². The van der Waals surface area contributed by atoms with Crippen LogP contribution < -0.4 is 10.0 Å². The molecule has 2 aliphatic rings. The lowest BCUT2D eigenvalue weighted by Gasteiger charge is -2.43. The normalized spacial score (nSPS) is 24.7. The summed E-state index contributed by atoms with van der Waals surface area (Å²) < 4.78 is 29.6. The van der Waals surface area contributed by atoms with Gasteiger partial charge >= 0.3 is 0 Å². The first kappa shape index (κ1) is 23.3. The molecule has 0 saturated carbocycles. The number of benzene rings is 3. The summed E-state index contributed by atoms with van der Waals surface area (Å²) in [6.07, 6.45) is 4.54. The van der Waals surface area contributed by atoms with Crippen LogP contribution in [-0.4, -0.2) is 27.0 Å². The van der Waals surface area contributed by atoms with Crippen molar-refractivity contribution in [3.8, 4) is 0 Å². The molecule has 5 heteroatoms. The van der Waals surface area contributed by atoms with Gasteiger partial charge < -0.3 is 5.32 Å². The zero-order valence-corrected chi connectivity index (χ0v) is 20.5. The van der Waals surface area contributed by atoms with Crippen LogP contribution in [0.1, 0.15) is 43.7 Å². The maximum Gasteiger partial charge on any atom is 0.240 e. The Balaban J connectivity index is 1.56. The Morgan fingerprint density at radius 2 is 1.41 bits per heavy atom. The van der Waals surface area contributed by atoms with E-state index in [9.17, 15) is 8.42 Å². The summed E-state index contributed by atoms with van der Waals surface area (Å²) in [6.45, 7) is 2.70. The Morgan fingerprint density at radius 1 is 0.853 bits per heavy atom. The molecule has 0 aliphatic carbocycles.